The summed E-state index contributed by atoms with van der Waals surface area (Å²) in [6.07, 6.45) is 0. The first-order chi connectivity index (χ1) is 16.2. The molecule has 0 radical (unpaired) electrons. The number of anilines is 1. The van der Waals surface area contributed by atoms with Crippen molar-refractivity contribution in [1.82, 2.24) is 9.78 Å². The summed E-state index contributed by atoms with van der Waals surface area (Å²) in [6, 6.07) is 10.4. The van der Waals surface area contributed by atoms with E-state index in [0.717, 1.165) is 0 Å². The quantitative estimate of drug-likeness (QED) is 0.288. The molecule has 0 aliphatic heterocycles. The van der Waals surface area contributed by atoms with Crippen molar-refractivity contribution in [3.8, 4) is 5.75 Å². The third kappa shape index (κ3) is 4.77. The van der Waals surface area contributed by atoms with Crippen molar-refractivity contribution in [2.24, 2.45) is 0 Å². The highest BCUT2D eigenvalue weighted by atomic mass is 19.2. The summed E-state index contributed by atoms with van der Waals surface area (Å²) in [5.41, 5.74) is 1.09. The largest absolute Gasteiger partial charge is 0.479 e. The Labute approximate surface area is 189 Å². The van der Waals surface area contributed by atoms with Crippen molar-refractivity contribution in [2.75, 3.05) is 5.32 Å². The predicted octanol–water partition coefficient (Wildman–Crippen LogP) is 5.36. The molecule has 4 aromatic rings. The summed E-state index contributed by atoms with van der Waals surface area (Å²) < 4.78 is 79.4. The molecule has 0 saturated carbocycles. The van der Waals surface area contributed by atoms with Gasteiger partial charge in [0.15, 0.2) is 29.0 Å². The van der Waals surface area contributed by atoms with E-state index in [4.69, 9.17) is 9.15 Å². The average Bonchev–Trinajstić information content (AvgIpc) is 3.40. The third-order valence-electron chi connectivity index (χ3n) is 4.82. The molecule has 0 aliphatic rings. The van der Waals surface area contributed by atoms with Crippen molar-refractivity contribution < 1.29 is 35.9 Å². The highest BCUT2D eigenvalue weighted by Gasteiger charge is 2.21. The fraction of sp³-hybridized carbons (Fsp3) is 0.130. The van der Waals surface area contributed by atoms with E-state index in [1.807, 2.05) is 0 Å². The number of amides is 1. The van der Waals surface area contributed by atoms with Crippen LogP contribution >= 0.6 is 0 Å². The Bertz CT molecular complexity index is 1340. The Hall–Kier alpha value is -4.15. The number of nitrogens with one attached hydrogen (secondary N) is 1. The van der Waals surface area contributed by atoms with Crippen LogP contribution in [0, 0.1) is 36.0 Å². The summed E-state index contributed by atoms with van der Waals surface area (Å²) in [4.78, 5) is 12.5. The number of hydrogen-bond donors (Lipinski definition) is 1. The number of carbonyl (C=O) groups excluding carboxylic acids is 1. The molecular weight excluding hydrogens is 461 g/mol. The topological polar surface area (TPSA) is 69.3 Å². The third-order valence-corrected chi connectivity index (χ3v) is 4.82. The number of furan rings is 1. The molecule has 6 nitrogen and oxygen atoms in total. The number of carbonyl (C=O) groups is 1. The van der Waals surface area contributed by atoms with Gasteiger partial charge < -0.3 is 14.5 Å². The molecule has 0 bridgehead atoms. The van der Waals surface area contributed by atoms with Crippen molar-refractivity contribution >= 4 is 11.7 Å². The minimum Gasteiger partial charge on any atom is -0.479 e. The number of ether oxygens (including phenoxy) is 1. The normalized spacial score (nSPS) is 11.0. The molecule has 0 atom stereocenters. The number of benzene rings is 2. The summed E-state index contributed by atoms with van der Waals surface area (Å²) in [5.74, 6) is -8.93. The van der Waals surface area contributed by atoms with E-state index in [1.54, 1.807) is 31.2 Å². The molecule has 1 N–H and O–H groups in total. The van der Waals surface area contributed by atoms with E-state index < -0.39 is 41.5 Å². The highest BCUT2D eigenvalue weighted by molar-refractivity contribution is 6.01. The minimum absolute atomic E-state index is 0.0325. The lowest BCUT2D eigenvalue weighted by Crippen LogP contribution is -2.12. The maximum atomic E-state index is 13.9. The van der Waals surface area contributed by atoms with Gasteiger partial charge >= 0.3 is 0 Å². The zero-order valence-electron chi connectivity index (χ0n) is 17.5. The molecule has 0 unspecified atom stereocenters. The Balaban J connectivity index is 1.41. The average molecular weight is 477 g/mol. The van der Waals surface area contributed by atoms with Crippen LogP contribution in [0.15, 0.2) is 52.9 Å². The molecule has 0 aliphatic carbocycles. The van der Waals surface area contributed by atoms with Gasteiger partial charge in [-0.25, -0.2) is 13.2 Å². The van der Waals surface area contributed by atoms with Crippen LogP contribution in [-0.4, -0.2) is 15.7 Å². The molecular formula is C23H16F5N3O3. The second-order valence-electron chi connectivity index (χ2n) is 7.23. The molecule has 176 valence electrons. The predicted molar refractivity (Wildman–Crippen MR) is 110 cm³/mol. The Morgan fingerprint density at radius 2 is 1.71 bits per heavy atom. The molecule has 4 rings (SSSR count). The summed E-state index contributed by atoms with van der Waals surface area (Å²) >= 11 is 0. The zero-order chi connectivity index (χ0) is 24.4. The molecule has 2 aromatic heterocycles. The van der Waals surface area contributed by atoms with Crippen LogP contribution in [0.4, 0.5) is 27.8 Å². The van der Waals surface area contributed by atoms with Crippen LogP contribution < -0.4 is 10.1 Å². The molecule has 2 aromatic carbocycles. The second-order valence-corrected chi connectivity index (χ2v) is 7.23. The molecule has 11 heteroatoms. The van der Waals surface area contributed by atoms with E-state index in [9.17, 15) is 26.7 Å². The molecule has 0 saturated heterocycles. The lowest BCUT2D eigenvalue weighted by atomic mass is 10.2. The van der Waals surface area contributed by atoms with Gasteiger partial charge in [0.1, 0.15) is 18.2 Å². The van der Waals surface area contributed by atoms with Gasteiger partial charge in [-0.2, -0.15) is 13.9 Å². The van der Waals surface area contributed by atoms with Crippen LogP contribution in [-0.2, 0) is 13.2 Å². The van der Waals surface area contributed by atoms with Crippen molar-refractivity contribution in [3.63, 3.8) is 0 Å². The Kier molecular flexibility index (Phi) is 6.35. The second kappa shape index (κ2) is 9.38. The SMILES string of the molecule is Cc1cc(NC(=O)c2ccc(COc3c(F)c(F)cc(F)c3F)o2)nn1Cc1ccccc1F. The Morgan fingerprint density at radius 3 is 2.41 bits per heavy atom. The lowest BCUT2D eigenvalue weighted by Gasteiger charge is -2.08. The number of aromatic nitrogens is 2. The number of hydrogen-bond acceptors (Lipinski definition) is 4. The van der Waals surface area contributed by atoms with Crippen molar-refractivity contribution in [2.45, 2.75) is 20.1 Å². The van der Waals surface area contributed by atoms with Crippen LogP contribution in [0.5, 0.6) is 5.75 Å². The number of rotatable bonds is 7. The first-order valence-electron chi connectivity index (χ1n) is 9.86. The van der Waals surface area contributed by atoms with Crippen LogP contribution in [0.25, 0.3) is 0 Å². The summed E-state index contributed by atoms with van der Waals surface area (Å²) in [7, 11) is 0. The smallest absolute Gasteiger partial charge is 0.292 e. The standard InChI is InChI=1S/C23H16F5N3O3/c1-12-8-19(30-31(12)10-13-4-2-3-5-15(13)24)29-23(32)18-7-6-14(34-18)11-33-22-20(27)16(25)9-17(26)21(22)28/h2-9H,10-11H2,1H3,(H,29,30,32). The van der Waals surface area contributed by atoms with Gasteiger partial charge in [-0.15, -0.1) is 0 Å². The highest BCUT2D eigenvalue weighted by Crippen LogP contribution is 2.27. The molecule has 0 fully saturated rings. The van der Waals surface area contributed by atoms with Crippen molar-refractivity contribution in [3.05, 3.63) is 100 Å². The van der Waals surface area contributed by atoms with Gasteiger partial charge in [-0.3, -0.25) is 9.48 Å². The van der Waals surface area contributed by atoms with Crippen molar-refractivity contribution in [1.29, 1.82) is 0 Å². The minimum atomic E-state index is -1.69. The number of halogens is 5. The summed E-state index contributed by atoms with van der Waals surface area (Å²) in [5, 5.41) is 6.75. The molecule has 34 heavy (non-hydrogen) atoms. The molecule has 2 heterocycles. The maximum Gasteiger partial charge on any atom is 0.292 e. The van der Waals surface area contributed by atoms with Gasteiger partial charge in [0.2, 0.25) is 11.6 Å². The molecule has 1 amide bonds. The summed E-state index contributed by atoms with van der Waals surface area (Å²) in [6.45, 7) is 1.30. The van der Waals surface area contributed by atoms with E-state index in [0.29, 0.717) is 11.3 Å². The van der Waals surface area contributed by atoms with Crippen LogP contribution in [0.1, 0.15) is 27.6 Å². The van der Waals surface area contributed by atoms with Gasteiger partial charge in [-0.1, -0.05) is 18.2 Å². The Morgan fingerprint density at radius 1 is 1.00 bits per heavy atom. The lowest BCUT2D eigenvalue weighted by molar-refractivity contribution is 0.0991. The van der Waals surface area contributed by atoms with Gasteiger partial charge in [0.05, 0.1) is 6.54 Å². The monoisotopic (exact) mass is 477 g/mol. The van der Waals surface area contributed by atoms with Crippen LogP contribution in [0.3, 0.4) is 0 Å². The van der Waals surface area contributed by atoms with E-state index in [2.05, 4.69) is 10.4 Å². The van der Waals surface area contributed by atoms with Gasteiger partial charge in [0, 0.05) is 23.4 Å². The zero-order valence-corrected chi connectivity index (χ0v) is 17.5. The number of aryl methyl sites for hydroxylation is 1. The number of nitrogens with zero attached hydrogens (tertiary/aromatic N) is 2. The maximum absolute atomic E-state index is 13.9. The first-order valence-corrected chi connectivity index (χ1v) is 9.86. The van der Waals surface area contributed by atoms with E-state index >= 15 is 0 Å². The van der Waals surface area contributed by atoms with Gasteiger partial charge in [-0.05, 0) is 25.1 Å². The first kappa shape index (κ1) is 23.0. The molecule has 0 spiro atoms. The fourth-order valence-corrected chi connectivity index (χ4v) is 3.10. The van der Waals surface area contributed by atoms with Gasteiger partial charge in [0.25, 0.3) is 5.91 Å². The van der Waals surface area contributed by atoms with E-state index in [1.165, 1.54) is 22.9 Å². The fourth-order valence-electron chi connectivity index (χ4n) is 3.10. The van der Waals surface area contributed by atoms with Crippen LogP contribution in [0.2, 0.25) is 0 Å². The van der Waals surface area contributed by atoms with E-state index in [-0.39, 0.29) is 35.8 Å².